The smallest absolute Gasteiger partial charge is 0.307 e. The first-order valence-electron chi connectivity index (χ1n) is 5.80. The molecular weight excluding hydrogens is 220 g/mol. The van der Waals surface area contributed by atoms with Crippen LogP contribution in [0.2, 0.25) is 0 Å². The number of rotatable bonds is 2. The van der Waals surface area contributed by atoms with Gasteiger partial charge in [0.2, 0.25) is 0 Å². The largest absolute Gasteiger partial charge is 0.486 e. The van der Waals surface area contributed by atoms with Crippen molar-refractivity contribution in [1.29, 1.82) is 0 Å². The SMILES string of the molecule is Cc1cc2c(cc1C1CC1C(=O)O)OCCO2. The van der Waals surface area contributed by atoms with Crippen LogP contribution in [0.4, 0.5) is 0 Å². The van der Waals surface area contributed by atoms with Crippen molar-refractivity contribution in [2.45, 2.75) is 19.3 Å². The van der Waals surface area contributed by atoms with Crippen LogP contribution in [-0.2, 0) is 4.79 Å². The second kappa shape index (κ2) is 3.65. The second-order valence-electron chi connectivity index (χ2n) is 4.64. The summed E-state index contributed by atoms with van der Waals surface area (Å²) < 4.78 is 11.0. The average Bonchev–Trinajstić information content (AvgIpc) is 3.08. The minimum absolute atomic E-state index is 0.142. The van der Waals surface area contributed by atoms with Crippen molar-refractivity contribution in [3.63, 3.8) is 0 Å². The van der Waals surface area contributed by atoms with Crippen LogP contribution >= 0.6 is 0 Å². The third kappa shape index (κ3) is 1.73. The third-order valence-corrected chi connectivity index (χ3v) is 3.44. The predicted octanol–water partition coefficient (Wildman–Crippen LogP) is 1.95. The molecule has 1 N–H and O–H groups in total. The highest BCUT2D eigenvalue weighted by Crippen LogP contribution is 2.50. The van der Waals surface area contributed by atoms with Crippen molar-refractivity contribution < 1.29 is 19.4 Å². The first-order chi connectivity index (χ1) is 8.16. The number of benzene rings is 1. The van der Waals surface area contributed by atoms with Crippen LogP contribution in [-0.4, -0.2) is 24.3 Å². The summed E-state index contributed by atoms with van der Waals surface area (Å²) >= 11 is 0. The highest BCUT2D eigenvalue weighted by atomic mass is 16.6. The molecule has 1 fully saturated rings. The number of carboxylic acid groups (broad SMARTS) is 1. The molecule has 1 aliphatic heterocycles. The van der Waals surface area contributed by atoms with E-state index in [1.54, 1.807) is 0 Å². The summed E-state index contributed by atoms with van der Waals surface area (Å²) in [5, 5.41) is 8.96. The molecule has 1 saturated carbocycles. The number of aryl methyl sites for hydroxylation is 1. The van der Waals surface area contributed by atoms with E-state index in [4.69, 9.17) is 14.6 Å². The van der Waals surface area contributed by atoms with Gasteiger partial charge in [0, 0.05) is 0 Å². The van der Waals surface area contributed by atoms with Crippen molar-refractivity contribution in [2.75, 3.05) is 13.2 Å². The summed E-state index contributed by atoms with van der Waals surface area (Å²) in [5.74, 6) is 0.724. The fraction of sp³-hybridized carbons (Fsp3) is 0.462. The zero-order valence-corrected chi connectivity index (χ0v) is 9.60. The van der Waals surface area contributed by atoms with E-state index in [2.05, 4.69) is 0 Å². The van der Waals surface area contributed by atoms with Crippen molar-refractivity contribution in [3.8, 4) is 11.5 Å². The van der Waals surface area contributed by atoms with Gasteiger partial charge in [0.1, 0.15) is 13.2 Å². The fourth-order valence-corrected chi connectivity index (χ4v) is 2.42. The van der Waals surface area contributed by atoms with E-state index in [1.807, 2.05) is 19.1 Å². The summed E-state index contributed by atoms with van der Waals surface area (Å²) in [6.45, 7) is 3.13. The lowest BCUT2D eigenvalue weighted by molar-refractivity contribution is -0.138. The Morgan fingerprint density at radius 1 is 1.29 bits per heavy atom. The lowest BCUT2D eigenvalue weighted by Gasteiger charge is -2.20. The Morgan fingerprint density at radius 2 is 1.94 bits per heavy atom. The molecule has 1 aromatic carbocycles. The second-order valence-corrected chi connectivity index (χ2v) is 4.64. The highest BCUT2D eigenvalue weighted by Gasteiger charge is 2.45. The molecule has 3 rings (SSSR count). The average molecular weight is 234 g/mol. The molecule has 0 amide bonds. The molecule has 0 spiro atoms. The van der Waals surface area contributed by atoms with E-state index >= 15 is 0 Å². The maximum atomic E-state index is 10.9. The van der Waals surface area contributed by atoms with E-state index in [1.165, 1.54) is 0 Å². The van der Waals surface area contributed by atoms with Crippen LogP contribution < -0.4 is 9.47 Å². The lowest BCUT2D eigenvalue weighted by atomic mass is 10.0. The van der Waals surface area contributed by atoms with Crippen molar-refractivity contribution in [3.05, 3.63) is 23.3 Å². The molecule has 2 atom stereocenters. The summed E-state index contributed by atoms with van der Waals surface area (Å²) in [7, 11) is 0. The Morgan fingerprint density at radius 3 is 2.53 bits per heavy atom. The normalized spacial score (nSPS) is 25.5. The quantitative estimate of drug-likeness (QED) is 0.849. The Labute approximate surface area is 99.2 Å². The molecule has 0 aromatic heterocycles. The van der Waals surface area contributed by atoms with Gasteiger partial charge < -0.3 is 14.6 Å². The molecule has 90 valence electrons. The Hall–Kier alpha value is -1.71. The minimum Gasteiger partial charge on any atom is -0.486 e. The molecule has 2 aliphatic rings. The molecular formula is C13H14O4. The molecule has 0 radical (unpaired) electrons. The molecule has 4 nitrogen and oxygen atoms in total. The van der Waals surface area contributed by atoms with Gasteiger partial charge in [0.05, 0.1) is 5.92 Å². The van der Waals surface area contributed by atoms with E-state index in [9.17, 15) is 4.79 Å². The van der Waals surface area contributed by atoms with E-state index in [0.717, 1.165) is 29.0 Å². The summed E-state index contributed by atoms with van der Waals surface area (Å²) in [4.78, 5) is 10.9. The van der Waals surface area contributed by atoms with Crippen LogP contribution in [0, 0.1) is 12.8 Å². The van der Waals surface area contributed by atoms with Crippen LogP contribution in [0.1, 0.15) is 23.5 Å². The zero-order valence-electron chi connectivity index (χ0n) is 9.60. The Bertz CT molecular complexity index is 481. The molecule has 2 unspecified atom stereocenters. The van der Waals surface area contributed by atoms with Gasteiger partial charge in [-0.15, -0.1) is 0 Å². The first-order valence-corrected chi connectivity index (χ1v) is 5.80. The molecule has 4 heteroatoms. The van der Waals surface area contributed by atoms with Crippen LogP contribution in [0.25, 0.3) is 0 Å². The maximum absolute atomic E-state index is 10.9. The number of hydrogen-bond acceptors (Lipinski definition) is 3. The van der Waals surface area contributed by atoms with Gasteiger partial charge in [-0.05, 0) is 42.5 Å². The van der Waals surface area contributed by atoms with Crippen molar-refractivity contribution >= 4 is 5.97 Å². The van der Waals surface area contributed by atoms with Gasteiger partial charge >= 0.3 is 5.97 Å². The van der Waals surface area contributed by atoms with E-state index in [0.29, 0.717) is 13.2 Å². The van der Waals surface area contributed by atoms with Crippen LogP contribution in [0.5, 0.6) is 11.5 Å². The minimum atomic E-state index is -0.704. The molecule has 0 bridgehead atoms. The van der Waals surface area contributed by atoms with Gasteiger partial charge in [0.15, 0.2) is 11.5 Å². The lowest BCUT2D eigenvalue weighted by Crippen LogP contribution is -2.15. The van der Waals surface area contributed by atoms with Gasteiger partial charge in [-0.1, -0.05) is 0 Å². The Balaban J connectivity index is 1.93. The number of fused-ring (bicyclic) bond motifs is 1. The summed E-state index contributed by atoms with van der Waals surface area (Å²) in [6, 6.07) is 3.89. The van der Waals surface area contributed by atoms with Crippen LogP contribution in [0.15, 0.2) is 12.1 Å². The fourth-order valence-electron chi connectivity index (χ4n) is 2.42. The van der Waals surface area contributed by atoms with Gasteiger partial charge in [-0.2, -0.15) is 0 Å². The van der Waals surface area contributed by atoms with Gasteiger partial charge in [-0.25, -0.2) is 0 Å². The predicted molar refractivity (Wildman–Crippen MR) is 60.7 cm³/mol. The van der Waals surface area contributed by atoms with Gasteiger partial charge in [-0.3, -0.25) is 4.79 Å². The first kappa shape index (κ1) is 10.4. The number of aliphatic carboxylic acids is 1. The number of hydrogen-bond donors (Lipinski definition) is 1. The molecule has 1 aliphatic carbocycles. The maximum Gasteiger partial charge on any atom is 0.307 e. The van der Waals surface area contributed by atoms with Gasteiger partial charge in [0.25, 0.3) is 0 Å². The molecule has 1 heterocycles. The number of ether oxygens (including phenoxy) is 2. The van der Waals surface area contributed by atoms with Crippen molar-refractivity contribution in [2.24, 2.45) is 5.92 Å². The standard InChI is InChI=1S/C13H14O4/c1-7-4-11-12(17-3-2-16-11)6-8(7)9-5-10(9)13(14)15/h4,6,9-10H,2-3,5H2,1H3,(H,14,15). The molecule has 0 saturated heterocycles. The monoisotopic (exact) mass is 234 g/mol. The topological polar surface area (TPSA) is 55.8 Å². The summed E-state index contributed by atoms with van der Waals surface area (Å²) in [6.07, 6.45) is 0.732. The van der Waals surface area contributed by atoms with Crippen molar-refractivity contribution in [1.82, 2.24) is 0 Å². The Kier molecular flexibility index (Phi) is 2.24. The van der Waals surface area contributed by atoms with Crippen LogP contribution in [0.3, 0.4) is 0 Å². The molecule has 1 aromatic rings. The summed E-state index contributed by atoms with van der Waals surface area (Å²) in [5.41, 5.74) is 2.17. The van der Waals surface area contributed by atoms with E-state index < -0.39 is 5.97 Å². The number of carboxylic acids is 1. The molecule has 17 heavy (non-hydrogen) atoms. The number of carbonyl (C=O) groups is 1. The third-order valence-electron chi connectivity index (χ3n) is 3.44. The van der Waals surface area contributed by atoms with E-state index in [-0.39, 0.29) is 11.8 Å². The highest BCUT2D eigenvalue weighted by molar-refractivity contribution is 5.75. The zero-order chi connectivity index (χ0) is 12.0.